The average molecular weight is 295 g/mol. The zero-order valence-electron chi connectivity index (χ0n) is 9.44. The molecule has 17 heavy (non-hydrogen) atoms. The molecule has 5 heteroatoms. The summed E-state index contributed by atoms with van der Waals surface area (Å²) in [7, 11) is 0. The maximum Gasteiger partial charge on any atom is 0.337 e. The zero-order valence-corrected chi connectivity index (χ0v) is 11.0. The Labute approximate surface area is 107 Å². The minimum Gasteiger partial charge on any atom is -0.478 e. The molecule has 1 heterocycles. The fraction of sp³-hybridized carbons (Fsp3) is 0.167. The molecule has 0 saturated carbocycles. The highest BCUT2D eigenvalue weighted by Gasteiger charge is 2.14. The van der Waals surface area contributed by atoms with Crippen molar-refractivity contribution in [2.75, 3.05) is 0 Å². The number of carboxylic acid groups (broad SMARTS) is 1. The van der Waals surface area contributed by atoms with Crippen molar-refractivity contribution in [1.29, 1.82) is 0 Å². The van der Waals surface area contributed by atoms with Gasteiger partial charge < -0.3 is 9.67 Å². The molecule has 0 saturated heterocycles. The lowest BCUT2D eigenvalue weighted by Crippen LogP contribution is -2.06. The van der Waals surface area contributed by atoms with Gasteiger partial charge in [-0.3, -0.25) is 0 Å². The van der Waals surface area contributed by atoms with Crippen LogP contribution in [0.2, 0.25) is 0 Å². The first-order chi connectivity index (χ1) is 8.00. The quantitative estimate of drug-likeness (QED) is 0.926. The number of aryl methyl sites for hydroxylation is 1. The van der Waals surface area contributed by atoms with Crippen LogP contribution in [0.1, 0.15) is 21.7 Å². The Kier molecular flexibility index (Phi) is 3.02. The van der Waals surface area contributed by atoms with Gasteiger partial charge in [0.15, 0.2) is 0 Å². The number of hydrogen-bond acceptors (Lipinski definition) is 2. The standard InChI is InChI=1S/C12H11BrN2O2/c1-7-8(2)15(6-14-7)11-5-9(13)3-4-10(11)12(16)17/h3-6H,1-2H3,(H,16,17). The van der Waals surface area contributed by atoms with Gasteiger partial charge in [-0.15, -0.1) is 0 Å². The summed E-state index contributed by atoms with van der Waals surface area (Å²) in [4.78, 5) is 15.4. The number of rotatable bonds is 2. The van der Waals surface area contributed by atoms with Crippen LogP contribution in [0.5, 0.6) is 0 Å². The predicted molar refractivity (Wildman–Crippen MR) is 67.7 cm³/mol. The summed E-state index contributed by atoms with van der Waals surface area (Å²) in [5.41, 5.74) is 2.70. The van der Waals surface area contributed by atoms with Crippen LogP contribution in [0, 0.1) is 13.8 Å². The smallest absolute Gasteiger partial charge is 0.337 e. The lowest BCUT2D eigenvalue weighted by atomic mass is 10.1. The van der Waals surface area contributed by atoms with E-state index in [2.05, 4.69) is 20.9 Å². The number of carbonyl (C=O) groups is 1. The van der Waals surface area contributed by atoms with Crippen LogP contribution >= 0.6 is 15.9 Å². The van der Waals surface area contributed by atoms with E-state index in [4.69, 9.17) is 5.11 Å². The van der Waals surface area contributed by atoms with E-state index in [9.17, 15) is 4.79 Å². The van der Waals surface area contributed by atoms with Crippen molar-refractivity contribution >= 4 is 21.9 Å². The van der Waals surface area contributed by atoms with E-state index in [1.54, 1.807) is 29.1 Å². The molecule has 1 N–H and O–H groups in total. The van der Waals surface area contributed by atoms with Crippen LogP contribution < -0.4 is 0 Å². The molecule has 0 aliphatic heterocycles. The molecule has 0 atom stereocenters. The molecule has 0 radical (unpaired) electrons. The monoisotopic (exact) mass is 294 g/mol. The van der Waals surface area contributed by atoms with Crippen molar-refractivity contribution in [3.8, 4) is 5.69 Å². The predicted octanol–water partition coefficient (Wildman–Crippen LogP) is 2.95. The van der Waals surface area contributed by atoms with Crippen LogP contribution in [-0.2, 0) is 0 Å². The van der Waals surface area contributed by atoms with Crippen LogP contribution in [0.4, 0.5) is 0 Å². The Balaban J connectivity index is 2.69. The molecular weight excluding hydrogens is 284 g/mol. The van der Waals surface area contributed by atoms with Crippen molar-refractivity contribution in [1.82, 2.24) is 9.55 Å². The molecule has 0 amide bonds. The van der Waals surface area contributed by atoms with Gasteiger partial charge in [-0.05, 0) is 32.0 Å². The SMILES string of the molecule is Cc1ncn(-c2cc(Br)ccc2C(=O)O)c1C. The molecule has 2 rings (SSSR count). The molecule has 4 nitrogen and oxygen atoms in total. The van der Waals surface area contributed by atoms with E-state index in [-0.39, 0.29) is 5.56 Å². The number of imidazole rings is 1. The van der Waals surface area contributed by atoms with Gasteiger partial charge in [0.25, 0.3) is 0 Å². The first kappa shape index (κ1) is 11.9. The van der Waals surface area contributed by atoms with E-state index in [1.807, 2.05) is 13.8 Å². The Morgan fingerprint density at radius 1 is 1.41 bits per heavy atom. The van der Waals surface area contributed by atoms with Gasteiger partial charge in [0.2, 0.25) is 0 Å². The van der Waals surface area contributed by atoms with Crippen molar-refractivity contribution in [2.24, 2.45) is 0 Å². The van der Waals surface area contributed by atoms with Gasteiger partial charge in [-0.25, -0.2) is 9.78 Å². The number of aromatic carboxylic acids is 1. The lowest BCUT2D eigenvalue weighted by molar-refractivity contribution is 0.0697. The molecule has 2 aromatic rings. The first-order valence-electron chi connectivity index (χ1n) is 5.04. The number of halogens is 1. The fourth-order valence-corrected chi connectivity index (χ4v) is 1.98. The van der Waals surface area contributed by atoms with Crippen LogP contribution in [0.3, 0.4) is 0 Å². The molecule has 0 spiro atoms. The highest BCUT2D eigenvalue weighted by molar-refractivity contribution is 9.10. The first-order valence-corrected chi connectivity index (χ1v) is 5.83. The topological polar surface area (TPSA) is 55.1 Å². The van der Waals surface area contributed by atoms with Crippen LogP contribution in [0.15, 0.2) is 29.0 Å². The fourth-order valence-electron chi connectivity index (χ4n) is 1.63. The van der Waals surface area contributed by atoms with Gasteiger partial charge in [-0.2, -0.15) is 0 Å². The zero-order chi connectivity index (χ0) is 12.6. The third kappa shape index (κ3) is 2.10. The lowest BCUT2D eigenvalue weighted by Gasteiger charge is -2.09. The van der Waals surface area contributed by atoms with Crippen LogP contribution in [-0.4, -0.2) is 20.6 Å². The Bertz CT molecular complexity index is 590. The highest BCUT2D eigenvalue weighted by Crippen LogP contribution is 2.22. The summed E-state index contributed by atoms with van der Waals surface area (Å²) < 4.78 is 2.62. The molecule has 1 aromatic carbocycles. The second-order valence-corrected chi connectivity index (χ2v) is 4.67. The van der Waals surface area contributed by atoms with Gasteiger partial charge in [0.1, 0.15) is 0 Å². The number of nitrogens with zero attached hydrogens (tertiary/aromatic N) is 2. The molecule has 0 unspecified atom stereocenters. The summed E-state index contributed by atoms with van der Waals surface area (Å²) in [6, 6.07) is 5.07. The maximum atomic E-state index is 11.2. The van der Waals surface area contributed by atoms with Crippen molar-refractivity contribution in [3.63, 3.8) is 0 Å². The van der Waals surface area contributed by atoms with Crippen molar-refractivity contribution < 1.29 is 9.90 Å². The minimum atomic E-state index is -0.946. The molecule has 1 aromatic heterocycles. The molecule has 0 aliphatic rings. The van der Waals surface area contributed by atoms with Gasteiger partial charge >= 0.3 is 5.97 Å². The van der Waals surface area contributed by atoms with E-state index in [0.717, 1.165) is 15.9 Å². The largest absolute Gasteiger partial charge is 0.478 e. The molecule has 88 valence electrons. The number of hydrogen-bond donors (Lipinski definition) is 1. The highest BCUT2D eigenvalue weighted by atomic mass is 79.9. The van der Waals surface area contributed by atoms with Crippen LogP contribution in [0.25, 0.3) is 5.69 Å². The van der Waals surface area contributed by atoms with Gasteiger partial charge in [0, 0.05) is 10.2 Å². The second kappa shape index (κ2) is 4.33. The Morgan fingerprint density at radius 2 is 2.12 bits per heavy atom. The summed E-state index contributed by atoms with van der Waals surface area (Å²) in [6.45, 7) is 3.80. The molecule has 0 fully saturated rings. The van der Waals surface area contributed by atoms with E-state index in [1.165, 1.54) is 0 Å². The number of aromatic nitrogens is 2. The number of carboxylic acids is 1. The number of benzene rings is 1. The minimum absolute atomic E-state index is 0.258. The second-order valence-electron chi connectivity index (χ2n) is 3.75. The summed E-state index contributed by atoms with van der Waals surface area (Å²) in [6.07, 6.45) is 1.64. The molecule has 0 aliphatic carbocycles. The Morgan fingerprint density at radius 3 is 2.65 bits per heavy atom. The third-order valence-corrected chi connectivity index (χ3v) is 3.19. The average Bonchev–Trinajstić information content (AvgIpc) is 2.59. The van der Waals surface area contributed by atoms with Crippen molar-refractivity contribution in [3.05, 3.63) is 46.0 Å². The Hall–Kier alpha value is -1.62. The van der Waals surface area contributed by atoms with Crippen molar-refractivity contribution in [2.45, 2.75) is 13.8 Å². The summed E-state index contributed by atoms with van der Waals surface area (Å²) in [5, 5.41) is 9.17. The van der Waals surface area contributed by atoms with Gasteiger partial charge in [-0.1, -0.05) is 15.9 Å². The molecule has 0 bridgehead atoms. The maximum absolute atomic E-state index is 11.2. The summed E-state index contributed by atoms with van der Waals surface area (Å²) in [5.74, 6) is -0.946. The summed E-state index contributed by atoms with van der Waals surface area (Å²) >= 11 is 3.35. The normalized spacial score (nSPS) is 10.5. The van der Waals surface area contributed by atoms with Gasteiger partial charge in [0.05, 0.1) is 23.3 Å². The third-order valence-electron chi connectivity index (χ3n) is 2.70. The van der Waals surface area contributed by atoms with E-state index in [0.29, 0.717) is 5.69 Å². The van der Waals surface area contributed by atoms with E-state index < -0.39 is 5.97 Å². The van der Waals surface area contributed by atoms with E-state index >= 15 is 0 Å². The molecular formula is C12H11BrN2O2.